The first-order valence-electron chi connectivity index (χ1n) is 9.62. The van der Waals surface area contributed by atoms with Crippen molar-refractivity contribution in [3.8, 4) is 0 Å². The molecular formula is C22H30O. The molecule has 0 heterocycles. The molecule has 1 aromatic rings. The van der Waals surface area contributed by atoms with Gasteiger partial charge in [0.2, 0.25) is 0 Å². The lowest BCUT2D eigenvalue weighted by molar-refractivity contribution is 0.0980. The number of aryl methyl sites for hydroxylation is 1. The Morgan fingerprint density at radius 3 is 2.74 bits per heavy atom. The third-order valence-corrected chi connectivity index (χ3v) is 7.23. The second-order valence-corrected chi connectivity index (χ2v) is 8.98. The van der Waals surface area contributed by atoms with E-state index in [4.69, 9.17) is 0 Å². The molecule has 1 unspecified atom stereocenters. The van der Waals surface area contributed by atoms with Gasteiger partial charge in [-0.2, -0.15) is 0 Å². The van der Waals surface area contributed by atoms with Crippen LogP contribution in [0.3, 0.4) is 0 Å². The summed E-state index contributed by atoms with van der Waals surface area (Å²) in [6.45, 7) is 9.29. The van der Waals surface area contributed by atoms with Gasteiger partial charge in [-0.25, -0.2) is 0 Å². The van der Waals surface area contributed by atoms with Crippen molar-refractivity contribution < 1.29 is 4.79 Å². The molecule has 4 rings (SSSR count). The molecule has 0 radical (unpaired) electrons. The maximum Gasteiger partial charge on any atom is 0.164 e. The summed E-state index contributed by atoms with van der Waals surface area (Å²) in [5, 5.41) is 0. The van der Waals surface area contributed by atoms with Crippen LogP contribution in [0, 0.1) is 18.3 Å². The summed E-state index contributed by atoms with van der Waals surface area (Å²) < 4.78 is 0. The lowest BCUT2D eigenvalue weighted by Crippen LogP contribution is -2.34. The number of carbonyl (C=O) groups is 1. The van der Waals surface area contributed by atoms with Crippen LogP contribution in [0.5, 0.6) is 0 Å². The lowest BCUT2D eigenvalue weighted by Gasteiger charge is -2.47. The van der Waals surface area contributed by atoms with Gasteiger partial charge in [-0.05, 0) is 78.0 Å². The van der Waals surface area contributed by atoms with E-state index in [1.807, 2.05) is 0 Å². The summed E-state index contributed by atoms with van der Waals surface area (Å²) >= 11 is 0. The maximum absolute atomic E-state index is 12.8. The molecule has 3 atom stereocenters. The normalized spacial score (nSPS) is 32.7. The second-order valence-electron chi connectivity index (χ2n) is 8.98. The van der Waals surface area contributed by atoms with Gasteiger partial charge >= 0.3 is 0 Å². The number of fused-ring (bicyclic) bond motifs is 5. The largest absolute Gasteiger partial charge is 0.294 e. The summed E-state index contributed by atoms with van der Waals surface area (Å²) in [6, 6.07) is 2.48. The van der Waals surface area contributed by atoms with Crippen LogP contribution in [-0.4, -0.2) is 5.78 Å². The van der Waals surface area contributed by atoms with Gasteiger partial charge in [0.1, 0.15) is 0 Å². The average molecular weight is 310 g/mol. The molecule has 0 saturated heterocycles. The fraction of sp³-hybridized carbons (Fsp3) is 0.682. The van der Waals surface area contributed by atoms with Crippen molar-refractivity contribution in [2.24, 2.45) is 11.3 Å². The Balaban J connectivity index is 1.90. The van der Waals surface area contributed by atoms with Gasteiger partial charge in [-0.15, -0.1) is 0 Å². The highest BCUT2D eigenvalue weighted by molar-refractivity contribution is 6.03. The fourth-order valence-electron chi connectivity index (χ4n) is 5.89. The smallest absolute Gasteiger partial charge is 0.164 e. The van der Waals surface area contributed by atoms with Gasteiger partial charge < -0.3 is 0 Å². The van der Waals surface area contributed by atoms with E-state index in [2.05, 4.69) is 33.8 Å². The lowest BCUT2D eigenvalue weighted by atomic mass is 9.58. The third-order valence-electron chi connectivity index (χ3n) is 7.23. The molecule has 0 bridgehead atoms. The fourth-order valence-corrected chi connectivity index (χ4v) is 5.89. The molecule has 23 heavy (non-hydrogen) atoms. The monoisotopic (exact) mass is 310 g/mol. The molecule has 1 aromatic carbocycles. The molecule has 3 aliphatic carbocycles. The van der Waals surface area contributed by atoms with E-state index in [-0.39, 0.29) is 0 Å². The molecule has 0 amide bonds. The molecule has 1 fully saturated rings. The summed E-state index contributed by atoms with van der Waals surface area (Å²) in [5.74, 6) is 2.12. The standard InChI is InChI=1S/C22H30O/c1-13(2)16-12-19(23)21-15-8-10-22(4)9-6-5-7-18(22)17(15)11-14(3)20(16)21/h11,13,16,18H,5-10,12H2,1-4H3/t16?,18-,22-/m1/s1. The highest BCUT2D eigenvalue weighted by atomic mass is 16.1. The molecule has 0 aliphatic heterocycles. The first-order valence-corrected chi connectivity index (χ1v) is 9.62. The van der Waals surface area contributed by atoms with Gasteiger partial charge in [0, 0.05) is 12.0 Å². The van der Waals surface area contributed by atoms with Crippen LogP contribution < -0.4 is 0 Å². The minimum atomic E-state index is 0.429. The van der Waals surface area contributed by atoms with Crippen molar-refractivity contribution in [1.29, 1.82) is 0 Å². The number of hydrogen-bond donors (Lipinski definition) is 0. The number of benzene rings is 1. The zero-order valence-corrected chi connectivity index (χ0v) is 15.2. The zero-order valence-electron chi connectivity index (χ0n) is 15.2. The molecule has 1 heteroatoms. The van der Waals surface area contributed by atoms with Crippen LogP contribution in [-0.2, 0) is 6.42 Å². The van der Waals surface area contributed by atoms with Crippen LogP contribution in [0.25, 0.3) is 0 Å². The Kier molecular flexibility index (Phi) is 3.48. The van der Waals surface area contributed by atoms with Crippen LogP contribution >= 0.6 is 0 Å². The van der Waals surface area contributed by atoms with E-state index in [1.165, 1.54) is 48.8 Å². The maximum atomic E-state index is 12.8. The molecular weight excluding hydrogens is 280 g/mol. The van der Waals surface area contributed by atoms with Gasteiger partial charge in [-0.3, -0.25) is 4.79 Å². The van der Waals surface area contributed by atoms with Crippen molar-refractivity contribution in [3.63, 3.8) is 0 Å². The highest BCUT2D eigenvalue weighted by Crippen LogP contribution is 2.56. The second kappa shape index (κ2) is 5.19. The van der Waals surface area contributed by atoms with Gasteiger partial charge in [-0.1, -0.05) is 39.7 Å². The third kappa shape index (κ3) is 2.15. The summed E-state index contributed by atoms with van der Waals surface area (Å²) in [5.41, 5.74) is 7.42. The minimum absolute atomic E-state index is 0.429. The van der Waals surface area contributed by atoms with Crippen LogP contribution in [0.2, 0.25) is 0 Å². The average Bonchev–Trinajstić information content (AvgIpc) is 2.86. The number of rotatable bonds is 1. The van der Waals surface area contributed by atoms with E-state index in [1.54, 1.807) is 5.56 Å². The summed E-state index contributed by atoms with van der Waals surface area (Å²) in [7, 11) is 0. The highest BCUT2D eigenvalue weighted by Gasteiger charge is 2.44. The minimum Gasteiger partial charge on any atom is -0.294 e. The Morgan fingerprint density at radius 1 is 1.22 bits per heavy atom. The van der Waals surface area contributed by atoms with Crippen molar-refractivity contribution >= 4 is 5.78 Å². The van der Waals surface area contributed by atoms with Gasteiger partial charge in [0.25, 0.3) is 0 Å². The van der Waals surface area contributed by atoms with Gasteiger partial charge in [0.05, 0.1) is 0 Å². The first kappa shape index (κ1) is 15.4. The van der Waals surface area contributed by atoms with Gasteiger partial charge in [0.15, 0.2) is 5.78 Å². The summed E-state index contributed by atoms with van der Waals surface area (Å²) in [4.78, 5) is 12.8. The van der Waals surface area contributed by atoms with Crippen molar-refractivity contribution in [2.45, 2.75) is 84.5 Å². The Labute approximate surface area is 140 Å². The van der Waals surface area contributed by atoms with Crippen LogP contribution in [0.15, 0.2) is 6.07 Å². The van der Waals surface area contributed by atoms with E-state index in [0.717, 1.165) is 18.4 Å². The number of ketones is 1. The predicted molar refractivity (Wildman–Crippen MR) is 95.3 cm³/mol. The number of hydrogen-bond acceptors (Lipinski definition) is 1. The molecule has 1 saturated carbocycles. The van der Waals surface area contributed by atoms with E-state index < -0.39 is 0 Å². The number of carbonyl (C=O) groups excluding carboxylic acids is 1. The van der Waals surface area contributed by atoms with Crippen LogP contribution in [0.1, 0.15) is 104 Å². The predicted octanol–water partition coefficient (Wildman–Crippen LogP) is 5.93. The van der Waals surface area contributed by atoms with Crippen molar-refractivity contribution in [3.05, 3.63) is 33.9 Å². The quantitative estimate of drug-likeness (QED) is 0.628. The molecule has 0 aromatic heterocycles. The summed E-state index contributed by atoms with van der Waals surface area (Å²) in [6.07, 6.45) is 8.59. The molecule has 124 valence electrons. The first-order chi connectivity index (χ1) is 10.9. The zero-order chi connectivity index (χ0) is 16.4. The molecule has 1 nitrogen and oxygen atoms in total. The van der Waals surface area contributed by atoms with E-state index in [9.17, 15) is 4.79 Å². The molecule has 0 N–H and O–H groups in total. The molecule has 0 spiro atoms. The van der Waals surface area contributed by atoms with Crippen molar-refractivity contribution in [2.75, 3.05) is 0 Å². The SMILES string of the molecule is Cc1cc2c(c3c1C(C(C)C)CC3=O)CC[C@@]1(C)CCCC[C@H]21. The Morgan fingerprint density at radius 2 is 2.00 bits per heavy atom. The van der Waals surface area contributed by atoms with Crippen molar-refractivity contribution in [1.82, 2.24) is 0 Å². The Bertz CT molecular complexity index is 669. The number of Topliss-reactive ketones (excluding diaryl/α,β-unsaturated/α-hetero) is 1. The van der Waals surface area contributed by atoms with Crippen LogP contribution in [0.4, 0.5) is 0 Å². The molecule has 3 aliphatic rings. The Hall–Kier alpha value is -1.11. The van der Waals surface area contributed by atoms with E-state index in [0.29, 0.717) is 29.0 Å². The topological polar surface area (TPSA) is 17.1 Å². The van der Waals surface area contributed by atoms with E-state index >= 15 is 0 Å².